The standard InChI is InChI=1S/C16H19N5/c1-3-10-21-14(11-19-20-21)16(17-2)15-13-7-5-4-6-12(13)8-9-18-15/h4-9,11,16-17H,3,10H2,1-2H3. The molecule has 0 aliphatic carbocycles. The summed E-state index contributed by atoms with van der Waals surface area (Å²) in [7, 11) is 1.94. The van der Waals surface area contributed by atoms with E-state index in [1.807, 2.05) is 42.3 Å². The van der Waals surface area contributed by atoms with Gasteiger partial charge in [-0.25, -0.2) is 4.68 Å². The van der Waals surface area contributed by atoms with Gasteiger partial charge in [-0.2, -0.15) is 0 Å². The van der Waals surface area contributed by atoms with Crippen LogP contribution in [0.5, 0.6) is 0 Å². The van der Waals surface area contributed by atoms with Crippen LogP contribution in [0.15, 0.2) is 42.7 Å². The van der Waals surface area contributed by atoms with Crippen LogP contribution in [0.4, 0.5) is 0 Å². The summed E-state index contributed by atoms with van der Waals surface area (Å²) in [4.78, 5) is 4.60. The molecule has 0 saturated heterocycles. The molecule has 0 spiro atoms. The van der Waals surface area contributed by atoms with Gasteiger partial charge in [0.1, 0.15) is 0 Å². The predicted molar refractivity (Wildman–Crippen MR) is 83.0 cm³/mol. The molecule has 2 aromatic heterocycles. The minimum Gasteiger partial charge on any atom is -0.307 e. The molecule has 5 nitrogen and oxygen atoms in total. The highest BCUT2D eigenvalue weighted by molar-refractivity contribution is 5.84. The van der Waals surface area contributed by atoms with Gasteiger partial charge in [-0.3, -0.25) is 4.98 Å². The maximum atomic E-state index is 4.60. The van der Waals surface area contributed by atoms with Gasteiger partial charge < -0.3 is 5.32 Å². The van der Waals surface area contributed by atoms with Gasteiger partial charge in [-0.05, 0) is 24.9 Å². The molecule has 0 aliphatic heterocycles. The van der Waals surface area contributed by atoms with E-state index >= 15 is 0 Å². The largest absolute Gasteiger partial charge is 0.307 e. The third-order valence-corrected chi connectivity index (χ3v) is 3.65. The molecule has 0 aliphatic rings. The minimum atomic E-state index is -0.0161. The Labute approximate surface area is 124 Å². The summed E-state index contributed by atoms with van der Waals surface area (Å²) in [5.41, 5.74) is 2.05. The van der Waals surface area contributed by atoms with E-state index in [0.717, 1.165) is 29.7 Å². The second-order valence-corrected chi connectivity index (χ2v) is 5.02. The van der Waals surface area contributed by atoms with Gasteiger partial charge in [0.05, 0.1) is 23.6 Å². The van der Waals surface area contributed by atoms with Crippen molar-refractivity contribution >= 4 is 10.8 Å². The Balaban J connectivity index is 2.12. The molecule has 0 amide bonds. The van der Waals surface area contributed by atoms with Gasteiger partial charge in [0.25, 0.3) is 0 Å². The Morgan fingerprint density at radius 1 is 1.24 bits per heavy atom. The normalized spacial score (nSPS) is 12.7. The lowest BCUT2D eigenvalue weighted by Gasteiger charge is -2.18. The molecule has 0 fully saturated rings. The maximum Gasteiger partial charge on any atom is 0.0942 e. The highest BCUT2D eigenvalue weighted by atomic mass is 15.4. The van der Waals surface area contributed by atoms with Crippen LogP contribution in [0.3, 0.4) is 0 Å². The average Bonchev–Trinajstić information content (AvgIpc) is 2.97. The molecule has 1 N–H and O–H groups in total. The zero-order valence-corrected chi connectivity index (χ0v) is 12.3. The number of hydrogen-bond donors (Lipinski definition) is 1. The van der Waals surface area contributed by atoms with Gasteiger partial charge >= 0.3 is 0 Å². The van der Waals surface area contributed by atoms with Gasteiger partial charge in [0.2, 0.25) is 0 Å². The van der Waals surface area contributed by atoms with Crippen LogP contribution in [-0.2, 0) is 6.54 Å². The lowest BCUT2D eigenvalue weighted by Crippen LogP contribution is -2.23. The minimum absolute atomic E-state index is 0.0161. The first-order valence-electron chi connectivity index (χ1n) is 7.24. The number of rotatable bonds is 5. The van der Waals surface area contributed by atoms with Crippen LogP contribution >= 0.6 is 0 Å². The van der Waals surface area contributed by atoms with Crippen LogP contribution in [-0.4, -0.2) is 27.0 Å². The summed E-state index contributed by atoms with van der Waals surface area (Å²) < 4.78 is 1.95. The molecule has 3 aromatic rings. The van der Waals surface area contributed by atoms with Crippen molar-refractivity contribution in [2.45, 2.75) is 25.9 Å². The summed E-state index contributed by atoms with van der Waals surface area (Å²) >= 11 is 0. The zero-order chi connectivity index (χ0) is 14.7. The number of pyridine rings is 1. The number of fused-ring (bicyclic) bond motifs is 1. The molecular formula is C16H19N5. The molecular weight excluding hydrogens is 262 g/mol. The number of aromatic nitrogens is 4. The van der Waals surface area contributed by atoms with Crippen molar-refractivity contribution in [3.05, 3.63) is 54.1 Å². The molecule has 0 radical (unpaired) electrons. The Morgan fingerprint density at radius 3 is 2.90 bits per heavy atom. The van der Waals surface area contributed by atoms with Gasteiger partial charge in [0, 0.05) is 18.1 Å². The van der Waals surface area contributed by atoms with Crippen molar-refractivity contribution in [2.75, 3.05) is 7.05 Å². The van der Waals surface area contributed by atoms with Gasteiger partial charge in [-0.1, -0.05) is 36.4 Å². The van der Waals surface area contributed by atoms with Crippen molar-refractivity contribution in [3.63, 3.8) is 0 Å². The molecule has 1 unspecified atom stereocenters. The number of benzene rings is 1. The summed E-state index contributed by atoms with van der Waals surface area (Å²) in [6.07, 6.45) is 4.70. The summed E-state index contributed by atoms with van der Waals surface area (Å²) in [6.45, 7) is 2.99. The number of hydrogen-bond acceptors (Lipinski definition) is 4. The van der Waals surface area contributed by atoms with E-state index in [2.05, 4.69) is 39.7 Å². The van der Waals surface area contributed by atoms with Crippen LogP contribution in [0.25, 0.3) is 10.8 Å². The smallest absolute Gasteiger partial charge is 0.0942 e. The molecule has 108 valence electrons. The fourth-order valence-electron chi connectivity index (χ4n) is 2.67. The SMILES string of the molecule is CCCn1nncc1C(NC)c1nccc2ccccc12. The molecule has 5 heteroatoms. The Hall–Kier alpha value is -2.27. The van der Waals surface area contributed by atoms with E-state index in [1.165, 1.54) is 5.39 Å². The molecule has 2 heterocycles. The predicted octanol–water partition coefficient (Wildman–Crippen LogP) is 2.55. The third-order valence-electron chi connectivity index (χ3n) is 3.65. The lowest BCUT2D eigenvalue weighted by atomic mass is 10.0. The van der Waals surface area contributed by atoms with Gasteiger partial charge in [0.15, 0.2) is 0 Å². The Bertz CT molecular complexity index is 729. The second-order valence-electron chi connectivity index (χ2n) is 5.02. The van der Waals surface area contributed by atoms with E-state index in [4.69, 9.17) is 0 Å². The first kappa shape index (κ1) is 13.7. The zero-order valence-electron chi connectivity index (χ0n) is 12.3. The van der Waals surface area contributed by atoms with E-state index in [1.54, 1.807) is 0 Å². The van der Waals surface area contributed by atoms with Crippen molar-refractivity contribution in [1.82, 2.24) is 25.3 Å². The van der Waals surface area contributed by atoms with E-state index in [-0.39, 0.29) is 6.04 Å². The number of nitrogens with zero attached hydrogens (tertiary/aromatic N) is 4. The van der Waals surface area contributed by atoms with Crippen LogP contribution in [0, 0.1) is 0 Å². The van der Waals surface area contributed by atoms with E-state index in [0.29, 0.717) is 0 Å². The summed E-state index contributed by atoms with van der Waals surface area (Å²) in [5, 5.41) is 13.9. The Kier molecular flexibility index (Phi) is 3.92. The van der Waals surface area contributed by atoms with Crippen molar-refractivity contribution < 1.29 is 0 Å². The fraction of sp³-hybridized carbons (Fsp3) is 0.312. The van der Waals surface area contributed by atoms with Crippen LogP contribution in [0.2, 0.25) is 0 Å². The molecule has 0 saturated carbocycles. The molecule has 1 aromatic carbocycles. The topological polar surface area (TPSA) is 55.6 Å². The quantitative estimate of drug-likeness (QED) is 0.781. The number of aryl methyl sites for hydroxylation is 1. The van der Waals surface area contributed by atoms with Crippen molar-refractivity contribution in [2.24, 2.45) is 0 Å². The first-order chi connectivity index (χ1) is 10.3. The fourth-order valence-corrected chi connectivity index (χ4v) is 2.67. The molecule has 0 bridgehead atoms. The maximum absolute atomic E-state index is 4.60. The monoisotopic (exact) mass is 281 g/mol. The third kappa shape index (κ3) is 2.52. The number of nitrogens with one attached hydrogen (secondary N) is 1. The van der Waals surface area contributed by atoms with E-state index in [9.17, 15) is 0 Å². The van der Waals surface area contributed by atoms with Gasteiger partial charge in [-0.15, -0.1) is 5.10 Å². The highest BCUT2D eigenvalue weighted by Crippen LogP contribution is 2.26. The lowest BCUT2D eigenvalue weighted by molar-refractivity contribution is 0.520. The van der Waals surface area contributed by atoms with Crippen molar-refractivity contribution in [1.29, 1.82) is 0 Å². The van der Waals surface area contributed by atoms with Crippen LogP contribution in [0.1, 0.15) is 30.8 Å². The molecule has 3 rings (SSSR count). The van der Waals surface area contributed by atoms with E-state index < -0.39 is 0 Å². The molecule has 21 heavy (non-hydrogen) atoms. The summed E-state index contributed by atoms with van der Waals surface area (Å²) in [5.74, 6) is 0. The van der Waals surface area contributed by atoms with Crippen LogP contribution < -0.4 is 5.32 Å². The highest BCUT2D eigenvalue weighted by Gasteiger charge is 2.20. The average molecular weight is 281 g/mol. The Morgan fingerprint density at radius 2 is 2.10 bits per heavy atom. The molecule has 1 atom stereocenters. The van der Waals surface area contributed by atoms with Crippen molar-refractivity contribution in [3.8, 4) is 0 Å². The summed E-state index contributed by atoms with van der Waals surface area (Å²) in [6, 6.07) is 10.3. The first-order valence-corrected chi connectivity index (χ1v) is 7.24. The second kappa shape index (κ2) is 6.01.